The van der Waals surface area contributed by atoms with E-state index in [0.29, 0.717) is 12.0 Å². The van der Waals surface area contributed by atoms with Crippen LogP contribution in [0.25, 0.3) is 0 Å². The summed E-state index contributed by atoms with van der Waals surface area (Å²) in [7, 11) is 0. The van der Waals surface area contributed by atoms with Crippen molar-refractivity contribution in [3.8, 4) is 0 Å². The maximum absolute atomic E-state index is 11.9. The van der Waals surface area contributed by atoms with Crippen molar-refractivity contribution in [1.82, 2.24) is 0 Å². The van der Waals surface area contributed by atoms with Crippen LogP contribution < -0.4 is 0 Å². The lowest BCUT2D eigenvalue weighted by atomic mass is 9.46. The zero-order chi connectivity index (χ0) is 25.5. The summed E-state index contributed by atoms with van der Waals surface area (Å²) in [6.07, 6.45) is 1.03. The molecule has 0 bridgehead atoms. The average Bonchev–Trinajstić information content (AvgIpc) is 3.24. The van der Waals surface area contributed by atoms with Gasteiger partial charge in [0.05, 0.1) is 24.9 Å². The van der Waals surface area contributed by atoms with E-state index in [1.165, 1.54) is 0 Å². The lowest BCUT2D eigenvalue weighted by Crippen LogP contribution is -2.61. The molecule has 9 nitrogen and oxygen atoms in total. The number of hydrogen-bond donors (Lipinski definition) is 5. The highest BCUT2D eigenvalue weighted by atomic mass is 16.7. The molecule has 2 heterocycles. The fourth-order valence-corrected chi connectivity index (χ4v) is 6.65. The van der Waals surface area contributed by atoms with Crippen LogP contribution in [0.3, 0.4) is 0 Å². The van der Waals surface area contributed by atoms with Crippen LogP contribution in [0.5, 0.6) is 0 Å². The van der Waals surface area contributed by atoms with E-state index in [0.717, 1.165) is 24.8 Å². The number of allylic oxidation sites excluding steroid dienone is 2. The number of ether oxygens (including phenoxy) is 3. The van der Waals surface area contributed by atoms with E-state index in [9.17, 15) is 30.3 Å². The van der Waals surface area contributed by atoms with E-state index in [2.05, 4.69) is 13.5 Å². The quantitative estimate of drug-likeness (QED) is 0.264. The van der Waals surface area contributed by atoms with Crippen LogP contribution in [-0.4, -0.2) is 88.1 Å². The topological polar surface area (TPSA) is 146 Å². The van der Waals surface area contributed by atoms with Gasteiger partial charge in [0.2, 0.25) is 0 Å². The molecule has 2 saturated carbocycles. The van der Waals surface area contributed by atoms with Gasteiger partial charge in [-0.15, -0.1) is 0 Å². The van der Waals surface area contributed by atoms with Gasteiger partial charge in [0.25, 0.3) is 0 Å². The molecular formula is C26H38O9. The Morgan fingerprint density at radius 2 is 1.91 bits per heavy atom. The number of cyclic esters (lactones) is 1. The van der Waals surface area contributed by atoms with Crippen LogP contribution in [0.4, 0.5) is 0 Å². The van der Waals surface area contributed by atoms with Crippen molar-refractivity contribution in [2.45, 2.75) is 76.3 Å². The molecule has 1 saturated heterocycles. The zero-order valence-electron chi connectivity index (χ0n) is 20.4. The van der Waals surface area contributed by atoms with Crippen molar-refractivity contribution in [3.05, 3.63) is 36.0 Å². The summed E-state index contributed by atoms with van der Waals surface area (Å²) in [5, 5.41) is 51.1. The van der Waals surface area contributed by atoms with Crippen molar-refractivity contribution in [1.29, 1.82) is 0 Å². The summed E-state index contributed by atoms with van der Waals surface area (Å²) in [4.78, 5) is 11.9. The zero-order valence-corrected chi connectivity index (χ0v) is 20.4. The normalized spacial score (nSPS) is 46.4. The minimum absolute atomic E-state index is 0.00497. The SMILES string of the molecule is C=C1CC[C@H]2[C@@](C)(CCC(O)[C@@]2(C)COC2OC(CO)C(O)C(O)C2O)[C@@H]1/C=C/C1=CCOC1=O. The molecule has 0 amide bonds. The Labute approximate surface area is 205 Å². The molecule has 35 heavy (non-hydrogen) atoms. The van der Waals surface area contributed by atoms with Gasteiger partial charge in [0, 0.05) is 11.3 Å². The van der Waals surface area contributed by atoms with Gasteiger partial charge in [0.15, 0.2) is 6.29 Å². The summed E-state index contributed by atoms with van der Waals surface area (Å²) in [5.41, 5.74) is 0.680. The lowest BCUT2D eigenvalue weighted by Gasteiger charge is -2.60. The molecule has 0 radical (unpaired) electrons. The standard InChI is InChI=1S/C26H38O9/c1-14-4-7-18-25(2,16(14)6-5-15-9-11-33-23(15)32)10-8-19(28)26(18,3)13-34-24-22(31)21(30)20(29)17(12-27)35-24/h5-6,9,16-22,24,27-31H,1,4,7-8,10-13H2,2-3H3/b6-5+/t16-,17?,18+,19?,20?,21?,22?,24?,25+,26+/m1/s1. The Bertz CT molecular complexity index is 882. The van der Waals surface area contributed by atoms with Gasteiger partial charge < -0.3 is 39.7 Å². The van der Waals surface area contributed by atoms with E-state index in [-0.39, 0.29) is 36.4 Å². The van der Waals surface area contributed by atoms with Crippen molar-refractivity contribution in [3.63, 3.8) is 0 Å². The van der Waals surface area contributed by atoms with E-state index < -0.39 is 48.8 Å². The molecule has 0 aromatic rings. The molecule has 6 unspecified atom stereocenters. The maximum atomic E-state index is 11.9. The van der Waals surface area contributed by atoms with Crippen LogP contribution in [0, 0.1) is 22.7 Å². The third-order valence-corrected chi connectivity index (χ3v) is 8.84. The van der Waals surface area contributed by atoms with Gasteiger partial charge in [-0.1, -0.05) is 38.2 Å². The summed E-state index contributed by atoms with van der Waals surface area (Å²) >= 11 is 0. The smallest absolute Gasteiger partial charge is 0.338 e. The summed E-state index contributed by atoms with van der Waals surface area (Å²) in [6.45, 7) is 8.27. The summed E-state index contributed by atoms with van der Waals surface area (Å²) in [6, 6.07) is 0. The highest BCUT2D eigenvalue weighted by Gasteiger charge is 2.58. The van der Waals surface area contributed by atoms with Crippen LogP contribution in [0.2, 0.25) is 0 Å². The third-order valence-electron chi connectivity index (χ3n) is 8.84. The second kappa shape index (κ2) is 10.0. The predicted octanol–water partition coefficient (Wildman–Crippen LogP) is 0.592. The Kier molecular flexibility index (Phi) is 7.60. The largest absolute Gasteiger partial charge is 0.458 e. The lowest BCUT2D eigenvalue weighted by molar-refractivity contribution is -0.312. The first-order chi connectivity index (χ1) is 16.5. The van der Waals surface area contributed by atoms with Crippen molar-refractivity contribution in [2.24, 2.45) is 22.7 Å². The fraction of sp³-hybridized carbons (Fsp3) is 0.731. The van der Waals surface area contributed by atoms with Gasteiger partial charge in [-0.05, 0) is 43.1 Å². The van der Waals surface area contributed by atoms with E-state index >= 15 is 0 Å². The van der Waals surface area contributed by atoms with Gasteiger partial charge in [0.1, 0.15) is 31.0 Å². The average molecular weight is 495 g/mol. The minimum Gasteiger partial charge on any atom is -0.458 e. The molecule has 0 aromatic carbocycles. The molecule has 10 atom stereocenters. The Hall–Kier alpha value is -1.59. The van der Waals surface area contributed by atoms with Crippen molar-refractivity contribution < 1.29 is 44.5 Å². The second-order valence-corrected chi connectivity index (χ2v) is 10.9. The molecule has 2 aliphatic heterocycles. The monoisotopic (exact) mass is 494 g/mol. The number of carbonyl (C=O) groups excluding carboxylic acids is 1. The van der Waals surface area contributed by atoms with Gasteiger partial charge in [-0.3, -0.25) is 0 Å². The highest BCUT2D eigenvalue weighted by molar-refractivity contribution is 5.93. The fourth-order valence-electron chi connectivity index (χ4n) is 6.65. The molecule has 9 heteroatoms. The highest BCUT2D eigenvalue weighted by Crippen LogP contribution is 2.61. The number of esters is 1. The number of aliphatic hydroxyl groups is 5. The number of fused-ring (bicyclic) bond motifs is 1. The molecule has 2 aliphatic carbocycles. The Morgan fingerprint density at radius 1 is 1.17 bits per heavy atom. The van der Waals surface area contributed by atoms with Crippen LogP contribution in [0.15, 0.2) is 36.0 Å². The summed E-state index contributed by atoms with van der Waals surface area (Å²) in [5.74, 6) is -0.302. The molecular weight excluding hydrogens is 456 g/mol. The Balaban J connectivity index is 1.54. The summed E-state index contributed by atoms with van der Waals surface area (Å²) < 4.78 is 16.5. The number of hydrogen-bond acceptors (Lipinski definition) is 9. The minimum atomic E-state index is -1.52. The van der Waals surface area contributed by atoms with Crippen LogP contribution in [0.1, 0.15) is 39.5 Å². The van der Waals surface area contributed by atoms with E-state index in [1.807, 2.05) is 19.1 Å². The molecule has 4 rings (SSSR count). The predicted molar refractivity (Wildman–Crippen MR) is 125 cm³/mol. The van der Waals surface area contributed by atoms with Gasteiger partial charge in [-0.2, -0.15) is 0 Å². The number of carbonyl (C=O) groups is 1. The molecule has 0 aromatic heterocycles. The molecule has 4 aliphatic rings. The molecule has 3 fully saturated rings. The molecule has 196 valence electrons. The van der Waals surface area contributed by atoms with Crippen LogP contribution >= 0.6 is 0 Å². The molecule has 0 spiro atoms. The first kappa shape index (κ1) is 26.5. The van der Waals surface area contributed by atoms with E-state index in [4.69, 9.17) is 14.2 Å². The number of rotatable bonds is 6. The van der Waals surface area contributed by atoms with Gasteiger partial charge >= 0.3 is 5.97 Å². The van der Waals surface area contributed by atoms with Gasteiger partial charge in [-0.25, -0.2) is 4.79 Å². The van der Waals surface area contributed by atoms with E-state index in [1.54, 1.807) is 6.08 Å². The maximum Gasteiger partial charge on any atom is 0.338 e. The third kappa shape index (κ3) is 4.64. The van der Waals surface area contributed by atoms with Crippen molar-refractivity contribution in [2.75, 3.05) is 19.8 Å². The molecule has 5 N–H and O–H groups in total. The second-order valence-electron chi connectivity index (χ2n) is 10.9. The first-order valence-electron chi connectivity index (χ1n) is 12.4. The van der Waals surface area contributed by atoms with Crippen LogP contribution in [-0.2, 0) is 19.0 Å². The number of aliphatic hydroxyl groups excluding tert-OH is 5. The first-order valence-corrected chi connectivity index (χ1v) is 12.4. The Morgan fingerprint density at radius 3 is 2.57 bits per heavy atom. The van der Waals surface area contributed by atoms with Crippen molar-refractivity contribution >= 4 is 5.97 Å².